The Bertz CT molecular complexity index is 928. The Morgan fingerprint density at radius 2 is 2.04 bits per heavy atom. The summed E-state index contributed by atoms with van der Waals surface area (Å²) in [5, 5.41) is 2.94. The molecule has 1 aliphatic rings. The molecule has 2 aromatic carbocycles. The molecule has 0 spiro atoms. The van der Waals surface area contributed by atoms with Gasteiger partial charge in [0.2, 0.25) is 0 Å². The average molecular weight is 420 g/mol. The van der Waals surface area contributed by atoms with Gasteiger partial charge < -0.3 is 10.1 Å². The minimum atomic E-state index is -2.93. The fourth-order valence-electron chi connectivity index (χ4n) is 3.05. The first-order valence-electron chi connectivity index (χ1n) is 9.37. The standard InChI is InChI=1S/C21H25NO4S2/c1-16-6-4-7-17(14-16)26-12-5-11-22-21(23)19-8-2-3-9-20(19)27-18-10-13-28(24,25)15-18/h2-4,6-9,14,18H,5,10-13,15H2,1H3,(H,22,23)/t18-/m1/s1. The summed E-state index contributed by atoms with van der Waals surface area (Å²) in [6.07, 6.45) is 1.34. The summed E-state index contributed by atoms with van der Waals surface area (Å²) in [6, 6.07) is 15.2. The number of carbonyl (C=O) groups is 1. The van der Waals surface area contributed by atoms with E-state index in [0.717, 1.165) is 16.2 Å². The summed E-state index contributed by atoms with van der Waals surface area (Å²) >= 11 is 1.49. The van der Waals surface area contributed by atoms with Crippen LogP contribution in [0.5, 0.6) is 5.75 Å². The van der Waals surface area contributed by atoms with Crippen LogP contribution >= 0.6 is 11.8 Å². The molecule has 0 aliphatic carbocycles. The van der Waals surface area contributed by atoms with Crippen LogP contribution in [0.15, 0.2) is 53.4 Å². The number of aryl methyl sites for hydroxylation is 1. The molecule has 0 aromatic heterocycles. The van der Waals surface area contributed by atoms with Crippen LogP contribution < -0.4 is 10.1 Å². The van der Waals surface area contributed by atoms with Gasteiger partial charge in [0.05, 0.1) is 23.7 Å². The molecule has 0 unspecified atom stereocenters. The molecule has 1 atom stereocenters. The SMILES string of the molecule is Cc1cccc(OCCCNC(=O)c2ccccc2S[C@@H]2CCS(=O)(=O)C2)c1. The smallest absolute Gasteiger partial charge is 0.252 e. The lowest BCUT2D eigenvalue weighted by atomic mass is 10.2. The van der Waals surface area contributed by atoms with Crippen LogP contribution in [0.2, 0.25) is 0 Å². The maximum Gasteiger partial charge on any atom is 0.252 e. The van der Waals surface area contributed by atoms with Gasteiger partial charge in [-0.25, -0.2) is 8.42 Å². The first-order valence-corrected chi connectivity index (χ1v) is 12.1. The normalized spacial score (nSPS) is 18.0. The Balaban J connectivity index is 1.48. The highest BCUT2D eigenvalue weighted by molar-refractivity contribution is 8.02. The lowest BCUT2D eigenvalue weighted by molar-refractivity contribution is 0.0948. The van der Waals surface area contributed by atoms with Crippen molar-refractivity contribution in [1.82, 2.24) is 5.32 Å². The third kappa shape index (κ3) is 6.01. The molecular weight excluding hydrogens is 394 g/mol. The molecule has 1 N–H and O–H groups in total. The van der Waals surface area contributed by atoms with E-state index in [1.807, 2.05) is 49.4 Å². The van der Waals surface area contributed by atoms with Crippen molar-refractivity contribution in [3.63, 3.8) is 0 Å². The van der Waals surface area contributed by atoms with Crippen LogP contribution in [0.25, 0.3) is 0 Å². The summed E-state index contributed by atoms with van der Waals surface area (Å²) in [6.45, 7) is 3.06. The van der Waals surface area contributed by atoms with Gasteiger partial charge >= 0.3 is 0 Å². The van der Waals surface area contributed by atoms with Crippen molar-refractivity contribution in [3.8, 4) is 5.75 Å². The second-order valence-corrected chi connectivity index (χ2v) is 10.5. The third-order valence-corrected chi connectivity index (χ3v) is 7.81. The highest BCUT2D eigenvalue weighted by Crippen LogP contribution is 2.33. The Morgan fingerprint density at radius 1 is 1.21 bits per heavy atom. The van der Waals surface area contributed by atoms with Crippen molar-refractivity contribution in [2.45, 2.75) is 29.9 Å². The van der Waals surface area contributed by atoms with Gasteiger partial charge in [0.15, 0.2) is 9.84 Å². The Labute approximate surface area is 170 Å². The maximum absolute atomic E-state index is 12.6. The van der Waals surface area contributed by atoms with Crippen molar-refractivity contribution in [1.29, 1.82) is 0 Å². The number of hydrogen-bond donors (Lipinski definition) is 1. The van der Waals surface area contributed by atoms with E-state index in [0.29, 0.717) is 31.6 Å². The summed E-state index contributed by atoms with van der Waals surface area (Å²) in [5.74, 6) is 1.11. The van der Waals surface area contributed by atoms with E-state index >= 15 is 0 Å². The van der Waals surface area contributed by atoms with Gasteiger partial charge in [-0.1, -0.05) is 24.3 Å². The van der Waals surface area contributed by atoms with Crippen molar-refractivity contribution >= 4 is 27.5 Å². The molecule has 1 aliphatic heterocycles. The molecule has 1 saturated heterocycles. The molecule has 1 heterocycles. The number of thioether (sulfide) groups is 1. The van der Waals surface area contributed by atoms with E-state index in [9.17, 15) is 13.2 Å². The summed E-state index contributed by atoms with van der Waals surface area (Å²) in [7, 11) is -2.93. The second-order valence-electron chi connectivity index (χ2n) is 6.91. The van der Waals surface area contributed by atoms with Crippen molar-refractivity contribution < 1.29 is 17.9 Å². The van der Waals surface area contributed by atoms with E-state index in [4.69, 9.17) is 4.74 Å². The summed E-state index contributed by atoms with van der Waals surface area (Å²) < 4.78 is 29.0. The first-order chi connectivity index (χ1) is 13.4. The summed E-state index contributed by atoms with van der Waals surface area (Å²) in [4.78, 5) is 13.4. The van der Waals surface area contributed by atoms with Crippen LogP contribution in [0, 0.1) is 6.92 Å². The Hall–Kier alpha value is -1.99. The van der Waals surface area contributed by atoms with Gasteiger partial charge in [-0.15, -0.1) is 11.8 Å². The maximum atomic E-state index is 12.6. The van der Waals surface area contributed by atoms with Gasteiger partial charge in [0.25, 0.3) is 5.91 Å². The number of hydrogen-bond acceptors (Lipinski definition) is 5. The number of benzene rings is 2. The molecular formula is C21H25NO4S2. The molecule has 3 rings (SSSR count). The lowest BCUT2D eigenvalue weighted by Crippen LogP contribution is -2.26. The van der Waals surface area contributed by atoms with E-state index in [1.165, 1.54) is 11.8 Å². The van der Waals surface area contributed by atoms with E-state index < -0.39 is 9.84 Å². The number of carbonyl (C=O) groups excluding carboxylic acids is 1. The summed E-state index contributed by atoms with van der Waals surface area (Å²) in [5.41, 5.74) is 1.74. The van der Waals surface area contributed by atoms with Crippen LogP contribution in [0.1, 0.15) is 28.8 Å². The largest absolute Gasteiger partial charge is 0.494 e. The molecule has 0 saturated carbocycles. The zero-order chi connectivity index (χ0) is 20.0. The molecule has 0 bridgehead atoms. The van der Waals surface area contributed by atoms with Crippen molar-refractivity contribution in [3.05, 3.63) is 59.7 Å². The number of amides is 1. The fourth-order valence-corrected chi connectivity index (χ4v) is 6.68. The lowest BCUT2D eigenvalue weighted by Gasteiger charge is -2.13. The Kier molecular flexibility index (Phi) is 7.02. The van der Waals surface area contributed by atoms with Crippen LogP contribution in [0.3, 0.4) is 0 Å². The van der Waals surface area contributed by atoms with Gasteiger partial charge in [-0.2, -0.15) is 0 Å². The van der Waals surface area contributed by atoms with E-state index in [1.54, 1.807) is 6.07 Å². The van der Waals surface area contributed by atoms with Crippen molar-refractivity contribution in [2.75, 3.05) is 24.7 Å². The number of ether oxygens (including phenoxy) is 1. The monoisotopic (exact) mass is 419 g/mol. The van der Waals surface area contributed by atoms with Crippen LogP contribution in [0.4, 0.5) is 0 Å². The highest BCUT2D eigenvalue weighted by Gasteiger charge is 2.29. The quantitative estimate of drug-likeness (QED) is 0.664. The first kappa shape index (κ1) is 20.7. The number of sulfone groups is 1. The fraction of sp³-hybridized carbons (Fsp3) is 0.381. The topological polar surface area (TPSA) is 72.5 Å². The van der Waals surface area contributed by atoms with Gasteiger partial charge in [0.1, 0.15) is 5.75 Å². The van der Waals surface area contributed by atoms with Gasteiger partial charge in [-0.05, 0) is 49.6 Å². The second kappa shape index (κ2) is 9.47. The van der Waals surface area contributed by atoms with Gasteiger partial charge in [0, 0.05) is 16.7 Å². The highest BCUT2D eigenvalue weighted by atomic mass is 32.2. The molecule has 0 radical (unpaired) electrons. The molecule has 2 aromatic rings. The third-order valence-electron chi connectivity index (χ3n) is 4.48. The van der Waals surface area contributed by atoms with Crippen molar-refractivity contribution in [2.24, 2.45) is 0 Å². The molecule has 1 amide bonds. The molecule has 1 fully saturated rings. The number of nitrogens with one attached hydrogen (secondary N) is 1. The zero-order valence-corrected chi connectivity index (χ0v) is 17.5. The zero-order valence-electron chi connectivity index (χ0n) is 15.9. The predicted octanol–water partition coefficient (Wildman–Crippen LogP) is 3.47. The van der Waals surface area contributed by atoms with Crippen LogP contribution in [-0.4, -0.2) is 44.2 Å². The Morgan fingerprint density at radius 3 is 2.79 bits per heavy atom. The van der Waals surface area contributed by atoms with E-state index in [2.05, 4.69) is 5.32 Å². The van der Waals surface area contributed by atoms with Crippen LogP contribution in [-0.2, 0) is 9.84 Å². The minimum absolute atomic E-state index is 0.0154. The molecule has 7 heteroatoms. The molecule has 5 nitrogen and oxygen atoms in total. The minimum Gasteiger partial charge on any atom is -0.494 e. The average Bonchev–Trinajstić information content (AvgIpc) is 3.00. The molecule has 28 heavy (non-hydrogen) atoms. The van der Waals surface area contributed by atoms with E-state index in [-0.39, 0.29) is 22.7 Å². The molecule has 150 valence electrons. The predicted molar refractivity (Wildman–Crippen MR) is 113 cm³/mol. The number of rotatable bonds is 8. The van der Waals surface area contributed by atoms with Gasteiger partial charge in [-0.3, -0.25) is 4.79 Å².